The number of carbonyl (C=O) groups is 1. The van der Waals surface area contributed by atoms with Crippen LogP contribution in [0.25, 0.3) is 10.9 Å². The minimum absolute atomic E-state index is 0.0691. The Morgan fingerprint density at radius 2 is 1.74 bits per heavy atom. The van der Waals surface area contributed by atoms with Crippen LogP contribution in [0.5, 0.6) is 0 Å². The zero-order chi connectivity index (χ0) is 18.6. The largest absolute Gasteiger partial charge is 0.353 e. The average molecular weight is 361 g/mol. The van der Waals surface area contributed by atoms with Gasteiger partial charge < -0.3 is 9.88 Å². The quantitative estimate of drug-likeness (QED) is 0.723. The molecule has 1 aliphatic heterocycles. The highest BCUT2D eigenvalue weighted by atomic mass is 16.1. The number of nitrogens with zero attached hydrogens (tertiary/aromatic N) is 2. The first-order valence-corrected chi connectivity index (χ1v) is 9.83. The number of rotatable bonds is 6. The Hall–Kier alpha value is -2.59. The van der Waals surface area contributed by atoms with Gasteiger partial charge in [0.05, 0.1) is 6.04 Å². The maximum absolute atomic E-state index is 12.7. The first-order chi connectivity index (χ1) is 13.2. The van der Waals surface area contributed by atoms with Crippen LogP contribution in [-0.2, 0) is 11.3 Å². The van der Waals surface area contributed by atoms with Crippen LogP contribution >= 0.6 is 0 Å². The van der Waals surface area contributed by atoms with Gasteiger partial charge in [-0.2, -0.15) is 0 Å². The summed E-state index contributed by atoms with van der Waals surface area (Å²) in [6.45, 7) is 5.29. The number of aromatic nitrogens is 1. The molecule has 1 amide bonds. The molecule has 4 rings (SSSR count). The van der Waals surface area contributed by atoms with Gasteiger partial charge in [-0.1, -0.05) is 48.5 Å². The Morgan fingerprint density at radius 1 is 1.04 bits per heavy atom. The van der Waals surface area contributed by atoms with E-state index in [0.717, 1.165) is 24.3 Å². The number of aryl methyl sites for hydroxylation is 1. The van der Waals surface area contributed by atoms with Crippen molar-refractivity contribution in [2.24, 2.45) is 0 Å². The van der Waals surface area contributed by atoms with Crippen LogP contribution in [0.1, 0.15) is 30.1 Å². The minimum Gasteiger partial charge on any atom is -0.353 e. The molecule has 1 aromatic heterocycles. The maximum Gasteiger partial charge on any atom is 0.240 e. The van der Waals surface area contributed by atoms with Crippen molar-refractivity contribution in [3.8, 4) is 0 Å². The monoisotopic (exact) mass is 361 g/mol. The fourth-order valence-electron chi connectivity index (χ4n) is 4.15. The summed E-state index contributed by atoms with van der Waals surface area (Å²) in [6.07, 6.45) is 2.48. The normalized spacial score (nSPS) is 15.9. The fourth-order valence-corrected chi connectivity index (χ4v) is 4.15. The summed E-state index contributed by atoms with van der Waals surface area (Å²) < 4.78 is 2.10. The Bertz CT molecular complexity index is 910. The topological polar surface area (TPSA) is 37.3 Å². The predicted molar refractivity (Wildman–Crippen MR) is 110 cm³/mol. The standard InChI is InChI=1S/C23H27N3O/c1-18-15-20-11-5-6-12-21(20)26(18)17-23(27)24-16-22(25-13-7-8-14-25)19-9-3-2-4-10-19/h2-6,9-12,15,22H,7-8,13-14,16-17H2,1H3,(H,24,27). The second-order valence-corrected chi connectivity index (χ2v) is 7.40. The summed E-state index contributed by atoms with van der Waals surface area (Å²) in [4.78, 5) is 15.2. The lowest BCUT2D eigenvalue weighted by atomic mass is 10.1. The van der Waals surface area contributed by atoms with Crippen LogP contribution in [0.15, 0.2) is 60.7 Å². The molecule has 0 aliphatic carbocycles. The van der Waals surface area contributed by atoms with E-state index in [1.807, 2.05) is 18.2 Å². The Labute approximate surface area is 160 Å². The molecular weight excluding hydrogens is 334 g/mol. The number of fused-ring (bicyclic) bond motifs is 1. The summed E-state index contributed by atoms with van der Waals surface area (Å²) in [5.74, 6) is 0.0691. The second kappa shape index (κ2) is 7.97. The highest BCUT2D eigenvalue weighted by Crippen LogP contribution is 2.24. The van der Waals surface area contributed by atoms with Crippen molar-refractivity contribution >= 4 is 16.8 Å². The van der Waals surface area contributed by atoms with Gasteiger partial charge in [-0.25, -0.2) is 0 Å². The molecule has 1 atom stereocenters. The van der Waals surface area contributed by atoms with Gasteiger partial charge in [0.1, 0.15) is 6.54 Å². The average Bonchev–Trinajstić information content (AvgIpc) is 3.32. The van der Waals surface area contributed by atoms with E-state index in [1.54, 1.807) is 0 Å². The van der Waals surface area contributed by atoms with Crippen molar-refractivity contribution in [2.45, 2.75) is 32.4 Å². The van der Waals surface area contributed by atoms with Gasteiger partial charge >= 0.3 is 0 Å². The summed E-state index contributed by atoms with van der Waals surface area (Å²) in [5.41, 5.74) is 3.51. The molecule has 0 radical (unpaired) electrons. The molecule has 0 spiro atoms. The summed E-state index contributed by atoms with van der Waals surface area (Å²) in [5, 5.41) is 4.37. The molecule has 2 heterocycles. The van der Waals surface area contributed by atoms with E-state index in [-0.39, 0.29) is 11.9 Å². The van der Waals surface area contributed by atoms with E-state index >= 15 is 0 Å². The van der Waals surface area contributed by atoms with E-state index in [9.17, 15) is 4.79 Å². The molecule has 4 heteroatoms. The number of hydrogen-bond donors (Lipinski definition) is 1. The third-order valence-corrected chi connectivity index (χ3v) is 5.58. The second-order valence-electron chi connectivity index (χ2n) is 7.40. The molecule has 27 heavy (non-hydrogen) atoms. The summed E-state index contributed by atoms with van der Waals surface area (Å²) in [7, 11) is 0. The Kier molecular flexibility index (Phi) is 5.26. The number of carbonyl (C=O) groups excluding carboxylic acids is 1. The lowest BCUT2D eigenvalue weighted by Crippen LogP contribution is -2.38. The molecule has 1 saturated heterocycles. The van der Waals surface area contributed by atoms with Gasteiger partial charge in [-0.3, -0.25) is 9.69 Å². The van der Waals surface area contributed by atoms with Crippen LogP contribution in [-0.4, -0.2) is 35.0 Å². The highest BCUT2D eigenvalue weighted by Gasteiger charge is 2.23. The van der Waals surface area contributed by atoms with Gasteiger partial charge in [0.2, 0.25) is 5.91 Å². The van der Waals surface area contributed by atoms with Crippen molar-refractivity contribution in [1.82, 2.24) is 14.8 Å². The van der Waals surface area contributed by atoms with Crippen molar-refractivity contribution in [1.29, 1.82) is 0 Å². The third kappa shape index (κ3) is 3.91. The summed E-state index contributed by atoms with van der Waals surface area (Å²) in [6, 6.07) is 21.1. The van der Waals surface area contributed by atoms with E-state index in [0.29, 0.717) is 13.1 Å². The molecule has 1 N–H and O–H groups in total. The molecule has 2 aromatic carbocycles. The number of hydrogen-bond acceptors (Lipinski definition) is 2. The molecule has 0 saturated carbocycles. The smallest absolute Gasteiger partial charge is 0.240 e. The first-order valence-electron chi connectivity index (χ1n) is 9.83. The summed E-state index contributed by atoms with van der Waals surface area (Å²) >= 11 is 0. The number of para-hydroxylation sites is 1. The van der Waals surface area contributed by atoms with Crippen LogP contribution < -0.4 is 5.32 Å². The molecule has 140 valence electrons. The van der Waals surface area contributed by atoms with Crippen molar-refractivity contribution in [3.05, 3.63) is 71.9 Å². The van der Waals surface area contributed by atoms with E-state index < -0.39 is 0 Å². The highest BCUT2D eigenvalue weighted by molar-refractivity contribution is 5.84. The lowest BCUT2D eigenvalue weighted by Gasteiger charge is -2.28. The number of benzene rings is 2. The van der Waals surface area contributed by atoms with Crippen molar-refractivity contribution < 1.29 is 4.79 Å². The van der Waals surface area contributed by atoms with Crippen LogP contribution in [0.2, 0.25) is 0 Å². The van der Waals surface area contributed by atoms with Gasteiger partial charge in [0, 0.05) is 17.8 Å². The first kappa shape index (κ1) is 17.8. The van der Waals surface area contributed by atoms with Crippen LogP contribution in [0.4, 0.5) is 0 Å². The lowest BCUT2D eigenvalue weighted by molar-refractivity contribution is -0.121. The molecular formula is C23H27N3O. The number of amides is 1. The van der Waals surface area contributed by atoms with Gasteiger partial charge in [0.25, 0.3) is 0 Å². The molecule has 1 aliphatic rings. The third-order valence-electron chi connectivity index (χ3n) is 5.58. The van der Waals surface area contributed by atoms with Gasteiger partial charge in [-0.05, 0) is 55.9 Å². The number of nitrogens with one attached hydrogen (secondary N) is 1. The van der Waals surface area contributed by atoms with Crippen molar-refractivity contribution in [2.75, 3.05) is 19.6 Å². The van der Waals surface area contributed by atoms with E-state index in [2.05, 4.69) is 64.2 Å². The Balaban J connectivity index is 1.46. The maximum atomic E-state index is 12.7. The van der Waals surface area contributed by atoms with Gasteiger partial charge in [-0.15, -0.1) is 0 Å². The zero-order valence-electron chi connectivity index (χ0n) is 15.9. The number of likely N-dealkylation sites (tertiary alicyclic amines) is 1. The molecule has 1 unspecified atom stereocenters. The van der Waals surface area contributed by atoms with Crippen LogP contribution in [0, 0.1) is 6.92 Å². The van der Waals surface area contributed by atoms with Gasteiger partial charge in [0.15, 0.2) is 0 Å². The van der Waals surface area contributed by atoms with Crippen molar-refractivity contribution in [3.63, 3.8) is 0 Å². The fraction of sp³-hybridized carbons (Fsp3) is 0.348. The predicted octanol–water partition coefficient (Wildman–Crippen LogP) is 3.90. The SMILES string of the molecule is Cc1cc2ccccc2n1CC(=O)NCC(c1ccccc1)N1CCCC1. The molecule has 3 aromatic rings. The zero-order valence-corrected chi connectivity index (χ0v) is 15.9. The Morgan fingerprint density at radius 3 is 2.52 bits per heavy atom. The van der Waals surface area contributed by atoms with E-state index in [1.165, 1.54) is 23.8 Å². The molecule has 0 bridgehead atoms. The van der Waals surface area contributed by atoms with E-state index in [4.69, 9.17) is 0 Å². The molecule has 1 fully saturated rings. The molecule has 4 nitrogen and oxygen atoms in total. The van der Waals surface area contributed by atoms with Crippen LogP contribution in [0.3, 0.4) is 0 Å². The minimum atomic E-state index is 0.0691.